The van der Waals surface area contributed by atoms with Crippen LogP contribution in [0.4, 0.5) is 4.39 Å². The van der Waals surface area contributed by atoms with E-state index in [1.807, 2.05) is 13.0 Å². The van der Waals surface area contributed by atoms with Gasteiger partial charge in [-0.2, -0.15) is 0 Å². The zero-order valence-corrected chi connectivity index (χ0v) is 14.0. The lowest BCUT2D eigenvalue weighted by molar-refractivity contribution is 0.0346. The standard InChI is InChI=1S/C19H21FN2O3/c1-12-4-3-9-21-17(12)19(24)22-11-13-7-8-16(18(13)23)25-15-6-2-5-14(20)10-15/h2-6,9-10,13,16,18,23H,7-8,11H2,1H3,(H,22,24)/t13-,16-,18-/m1/s1. The van der Waals surface area contributed by atoms with Crippen molar-refractivity contribution in [2.24, 2.45) is 5.92 Å². The number of aryl methyl sites for hydroxylation is 1. The van der Waals surface area contributed by atoms with Crippen molar-refractivity contribution >= 4 is 5.91 Å². The minimum atomic E-state index is -0.714. The maximum atomic E-state index is 13.2. The molecule has 0 aliphatic heterocycles. The first-order chi connectivity index (χ1) is 12.0. The average Bonchev–Trinajstić information content (AvgIpc) is 2.93. The first-order valence-electron chi connectivity index (χ1n) is 8.34. The SMILES string of the molecule is Cc1cccnc1C(=O)NC[C@H]1CC[C@@H](Oc2cccc(F)c2)[C@@H]1O. The van der Waals surface area contributed by atoms with Gasteiger partial charge in [-0.05, 0) is 43.5 Å². The van der Waals surface area contributed by atoms with E-state index in [1.54, 1.807) is 24.4 Å². The topological polar surface area (TPSA) is 71.5 Å². The van der Waals surface area contributed by atoms with Gasteiger partial charge in [0.2, 0.25) is 0 Å². The molecule has 1 heterocycles. The Morgan fingerprint density at radius 1 is 1.36 bits per heavy atom. The van der Waals surface area contributed by atoms with Crippen LogP contribution in [0.1, 0.15) is 28.9 Å². The molecule has 0 saturated heterocycles. The molecule has 0 unspecified atom stereocenters. The number of carbonyl (C=O) groups excluding carboxylic acids is 1. The number of aliphatic hydroxyl groups excluding tert-OH is 1. The third-order valence-electron chi connectivity index (χ3n) is 4.52. The quantitative estimate of drug-likeness (QED) is 0.874. The summed E-state index contributed by atoms with van der Waals surface area (Å²) in [5.41, 5.74) is 1.20. The van der Waals surface area contributed by atoms with E-state index in [0.29, 0.717) is 24.4 Å². The summed E-state index contributed by atoms with van der Waals surface area (Å²) in [7, 11) is 0. The zero-order chi connectivity index (χ0) is 17.8. The Bertz CT molecular complexity index is 753. The van der Waals surface area contributed by atoms with Crippen molar-refractivity contribution in [2.45, 2.75) is 32.0 Å². The molecule has 5 nitrogen and oxygen atoms in total. The van der Waals surface area contributed by atoms with E-state index < -0.39 is 12.2 Å². The lowest BCUT2D eigenvalue weighted by atomic mass is 10.1. The molecule has 2 aromatic rings. The summed E-state index contributed by atoms with van der Waals surface area (Å²) in [6, 6.07) is 9.48. The molecule has 2 N–H and O–H groups in total. The van der Waals surface area contributed by atoms with Gasteiger partial charge in [-0.25, -0.2) is 4.39 Å². The van der Waals surface area contributed by atoms with Crippen molar-refractivity contribution in [1.29, 1.82) is 0 Å². The number of aromatic nitrogens is 1. The Labute approximate surface area is 145 Å². The van der Waals surface area contributed by atoms with Gasteiger partial charge < -0.3 is 15.2 Å². The normalized spacial score (nSPS) is 22.6. The number of halogens is 1. The lowest BCUT2D eigenvalue weighted by Crippen LogP contribution is -2.37. The minimum absolute atomic E-state index is 0.105. The number of hydrogen-bond acceptors (Lipinski definition) is 4. The molecule has 3 atom stereocenters. The fourth-order valence-electron chi connectivity index (χ4n) is 3.12. The van der Waals surface area contributed by atoms with Gasteiger partial charge in [-0.1, -0.05) is 12.1 Å². The molecule has 1 amide bonds. The summed E-state index contributed by atoms with van der Waals surface area (Å²) < 4.78 is 18.9. The van der Waals surface area contributed by atoms with Crippen LogP contribution in [0.15, 0.2) is 42.6 Å². The summed E-state index contributed by atoms with van der Waals surface area (Å²) in [4.78, 5) is 16.3. The molecule has 1 aromatic carbocycles. The van der Waals surface area contributed by atoms with Crippen LogP contribution in [0.25, 0.3) is 0 Å². The Balaban J connectivity index is 1.54. The second-order valence-corrected chi connectivity index (χ2v) is 6.32. The number of pyridine rings is 1. The molecular formula is C19H21FN2O3. The predicted molar refractivity (Wildman–Crippen MR) is 90.9 cm³/mol. The second kappa shape index (κ2) is 7.61. The molecule has 0 spiro atoms. The van der Waals surface area contributed by atoms with E-state index in [1.165, 1.54) is 12.1 Å². The second-order valence-electron chi connectivity index (χ2n) is 6.32. The van der Waals surface area contributed by atoms with Gasteiger partial charge in [0.15, 0.2) is 0 Å². The average molecular weight is 344 g/mol. The highest BCUT2D eigenvalue weighted by Gasteiger charge is 2.36. The van der Waals surface area contributed by atoms with Crippen LogP contribution >= 0.6 is 0 Å². The molecule has 132 valence electrons. The highest BCUT2D eigenvalue weighted by Crippen LogP contribution is 2.29. The fraction of sp³-hybridized carbons (Fsp3) is 0.368. The van der Waals surface area contributed by atoms with E-state index in [4.69, 9.17) is 4.74 Å². The number of aliphatic hydroxyl groups is 1. The van der Waals surface area contributed by atoms with E-state index in [9.17, 15) is 14.3 Å². The zero-order valence-electron chi connectivity index (χ0n) is 14.0. The van der Waals surface area contributed by atoms with Gasteiger partial charge in [0, 0.05) is 24.7 Å². The van der Waals surface area contributed by atoms with E-state index in [0.717, 1.165) is 12.0 Å². The third kappa shape index (κ3) is 4.14. The number of hydrogen-bond donors (Lipinski definition) is 2. The van der Waals surface area contributed by atoms with Crippen molar-refractivity contribution in [2.75, 3.05) is 6.54 Å². The highest BCUT2D eigenvalue weighted by atomic mass is 19.1. The molecular weight excluding hydrogens is 323 g/mol. The first kappa shape index (κ1) is 17.4. The molecule has 6 heteroatoms. The maximum Gasteiger partial charge on any atom is 0.270 e. The van der Waals surface area contributed by atoms with Crippen molar-refractivity contribution in [3.63, 3.8) is 0 Å². The molecule has 1 fully saturated rings. The van der Waals surface area contributed by atoms with Crippen LogP contribution < -0.4 is 10.1 Å². The number of nitrogens with one attached hydrogen (secondary N) is 1. The number of nitrogens with zero attached hydrogens (tertiary/aromatic N) is 1. The van der Waals surface area contributed by atoms with Crippen molar-refractivity contribution < 1.29 is 19.0 Å². The van der Waals surface area contributed by atoms with Crippen LogP contribution in [0, 0.1) is 18.7 Å². The summed E-state index contributed by atoms with van der Waals surface area (Å²) >= 11 is 0. The van der Waals surface area contributed by atoms with E-state index in [2.05, 4.69) is 10.3 Å². The van der Waals surface area contributed by atoms with Crippen LogP contribution in [-0.2, 0) is 0 Å². The predicted octanol–water partition coefficient (Wildman–Crippen LogP) is 2.48. The van der Waals surface area contributed by atoms with Gasteiger partial charge in [-0.3, -0.25) is 9.78 Å². The third-order valence-corrected chi connectivity index (χ3v) is 4.52. The number of amides is 1. The molecule has 1 aliphatic rings. The fourth-order valence-corrected chi connectivity index (χ4v) is 3.12. The summed E-state index contributed by atoms with van der Waals surface area (Å²) in [6.07, 6.45) is 1.84. The lowest BCUT2D eigenvalue weighted by Gasteiger charge is -2.21. The Morgan fingerprint density at radius 2 is 2.20 bits per heavy atom. The van der Waals surface area contributed by atoms with Crippen LogP contribution in [0.2, 0.25) is 0 Å². The van der Waals surface area contributed by atoms with Gasteiger partial charge in [0.05, 0.1) is 6.10 Å². The molecule has 1 aliphatic carbocycles. The number of ether oxygens (including phenoxy) is 1. The smallest absolute Gasteiger partial charge is 0.270 e. The number of carbonyl (C=O) groups is 1. The first-order valence-corrected chi connectivity index (χ1v) is 8.34. The Morgan fingerprint density at radius 3 is 2.96 bits per heavy atom. The van der Waals surface area contributed by atoms with E-state index in [-0.39, 0.29) is 17.6 Å². The number of rotatable bonds is 5. The van der Waals surface area contributed by atoms with Gasteiger partial charge >= 0.3 is 0 Å². The molecule has 25 heavy (non-hydrogen) atoms. The molecule has 1 saturated carbocycles. The highest BCUT2D eigenvalue weighted by molar-refractivity contribution is 5.93. The van der Waals surface area contributed by atoms with Crippen LogP contribution in [0.3, 0.4) is 0 Å². The van der Waals surface area contributed by atoms with Gasteiger partial charge in [0.25, 0.3) is 5.91 Å². The molecule has 3 rings (SSSR count). The molecule has 0 bridgehead atoms. The summed E-state index contributed by atoms with van der Waals surface area (Å²) in [5, 5.41) is 13.3. The summed E-state index contributed by atoms with van der Waals surface area (Å²) in [6.45, 7) is 2.17. The monoisotopic (exact) mass is 344 g/mol. The molecule has 1 aromatic heterocycles. The Hall–Kier alpha value is -2.47. The minimum Gasteiger partial charge on any atom is -0.488 e. The van der Waals surface area contributed by atoms with Gasteiger partial charge in [-0.15, -0.1) is 0 Å². The Kier molecular flexibility index (Phi) is 5.28. The van der Waals surface area contributed by atoms with Crippen LogP contribution in [-0.4, -0.2) is 34.8 Å². The van der Waals surface area contributed by atoms with Crippen LogP contribution in [0.5, 0.6) is 5.75 Å². The number of benzene rings is 1. The largest absolute Gasteiger partial charge is 0.488 e. The van der Waals surface area contributed by atoms with Crippen molar-refractivity contribution in [1.82, 2.24) is 10.3 Å². The summed E-state index contributed by atoms with van der Waals surface area (Å²) in [5.74, 6) is -0.330. The maximum absolute atomic E-state index is 13.2. The van der Waals surface area contributed by atoms with Gasteiger partial charge in [0.1, 0.15) is 23.4 Å². The molecule has 0 radical (unpaired) electrons. The van der Waals surface area contributed by atoms with Crippen molar-refractivity contribution in [3.8, 4) is 5.75 Å². The van der Waals surface area contributed by atoms with E-state index >= 15 is 0 Å². The van der Waals surface area contributed by atoms with Crippen molar-refractivity contribution in [3.05, 3.63) is 59.7 Å².